The summed E-state index contributed by atoms with van der Waals surface area (Å²) >= 11 is 0. The fourth-order valence-electron chi connectivity index (χ4n) is 3.53. The summed E-state index contributed by atoms with van der Waals surface area (Å²) < 4.78 is 15.4. The number of amides is 1. The van der Waals surface area contributed by atoms with Crippen LogP contribution in [0.3, 0.4) is 0 Å². The Morgan fingerprint density at radius 3 is 2.81 bits per heavy atom. The van der Waals surface area contributed by atoms with Crippen LogP contribution in [-0.2, 0) is 0 Å². The monoisotopic (exact) mass is 374 g/mol. The summed E-state index contributed by atoms with van der Waals surface area (Å²) in [6, 6.07) is 6.59. The van der Waals surface area contributed by atoms with Crippen molar-refractivity contribution in [2.75, 3.05) is 33.7 Å². The number of benzene rings is 1. The van der Waals surface area contributed by atoms with Gasteiger partial charge >= 0.3 is 0 Å². The minimum absolute atomic E-state index is 0.135. The molecule has 0 bridgehead atoms. The Morgan fingerprint density at radius 1 is 1.41 bits per heavy atom. The van der Waals surface area contributed by atoms with Gasteiger partial charge in [0, 0.05) is 6.54 Å². The Kier molecular flexibility index (Phi) is 6.18. The number of aromatic nitrogens is 3. The summed E-state index contributed by atoms with van der Waals surface area (Å²) in [7, 11) is 3.81. The smallest absolute Gasteiger partial charge is 0.273 e. The summed E-state index contributed by atoms with van der Waals surface area (Å²) in [5.41, 5.74) is 1.95. The van der Waals surface area contributed by atoms with E-state index in [0.717, 1.165) is 37.2 Å². The summed E-state index contributed by atoms with van der Waals surface area (Å²) in [5.74, 6) is -0.539. The van der Waals surface area contributed by atoms with Gasteiger partial charge in [-0.05, 0) is 64.6 Å². The molecule has 27 heavy (non-hydrogen) atoms. The van der Waals surface area contributed by atoms with E-state index in [1.54, 1.807) is 6.07 Å². The molecule has 146 valence electrons. The Balaban J connectivity index is 1.68. The second kappa shape index (κ2) is 8.58. The first kappa shape index (κ1) is 19.4. The van der Waals surface area contributed by atoms with Crippen LogP contribution in [0.4, 0.5) is 4.39 Å². The van der Waals surface area contributed by atoms with Gasteiger partial charge in [0.1, 0.15) is 5.82 Å². The van der Waals surface area contributed by atoms with E-state index in [1.165, 1.54) is 12.1 Å². The highest BCUT2D eigenvalue weighted by atomic mass is 19.1. The number of piperidine rings is 1. The van der Waals surface area contributed by atoms with Crippen LogP contribution in [0.25, 0.3) is 0 Å². The Labute approximate surface area is 158 Å². The van der Waals surface area contributed by atoms with E-state index >= 15 is 0 Å². The first-order valence-electron chi connectivity index (χ1n) is 9.30. The third kappa shape index (κ3) is 4.51. The second-order valence-corrected chi connectivity index (χ2v) is 7.19. The van der Waals surface area contributed by atoms with Gasteiger partial charge in [-0.2, -0.15) is 0 Å². The van der Waals surface area contributed by atoms with E-state index in [-0.39, 0.29) is 23.8 Å². The average Bonchev–Trinajstić information content (AvgIpc) is 3.04. The highest BCUT2D eigenvalue weighted by molar-refractivity contribution is 5.93. The van der Waals surface area contributed by atoms with E-state index in [4.69, 9.17) is 0 Å². The molecule has 0 saturated carbocycles. The fourth-order valence-corrected chi connectivity index (χ4v) is 3.53. The van der Waals surface area contributed by atoms with Gasteiger partial charge in [0.2, 0.25) is 0 Å². The van der Waals surface area contributed by atoms with E-state index in [9.17, 15) is 9.18 Å². The molecule has 1 amide bonds. The zero-order valence-corrected chi connectivity index (χ0v) is 16.1. The lowest BCUT2D eigenvalue weighted by molar-refractivity contribution is 0.0936. The van der Waals surface area contributed by atoms with Crippen molar-refractivity contribution >= 4 is 5.91 Å². The van der Waals surface area contributed by atoms with Crippen LogP contribution in [0.15, 0.2) is 24.3 Å². The summed E-state index contributed by atoms with van der Waals surface area (Å²) in [6.07, 6.45) is 1.96. The van der Waals surface area contributed by atoms with Crippen molar-refractivity contribution < 1.29 is 9.18 Å². The highest BCUT2D eigenvalue weighted by Crippen LogP contribution is 2.21. The van der Waals surface area contributed by atoms with Crippen LogP contribution in [0.1, 0.15) is 46.7 Å². The third-order valence-corrected chi connectivity index (χ3v) is 5.11. The van der Waals surface area contributed by atoms with Crippen molar-refractivity contribution in [2.24, 2.45) is 0 Å². The molecule has 0 aliphatic carbocycles. The maximum absolute atomic E-state index is 13.6. The van der Waals surface area contributed by atoms with Gasteiger partial charge < -0.3 is 15.5 Å². The van der Waals surface area contributed by atoms with Gasteiger partial charge in [0.05, 0.1) is 17.8 Å². The van der Waals surface area contributed by atoms with Crippen LogP contribution in [0, 0.1) is 12.7 Å². The molecule has 0 radical (unpaired) electrons. The summed E-state index contributed by atoms with van der Waals surface area (Å²) in [4.78, 5) is 14.6. The number of halogens is 1. The Hall–Kier alpha value is -2.32. The summed E-state index contributed by atoms with van der Waals surface area (Å²) in [6.45, 7) is 4.13. The van der Waals surface area contributed by atoms with Crippen molar-refractivity contribution in [1.82, 2.24) is 30.5 Å². The predicted octanol–water partition coefficient (Wildman–Crippen LogP) is 1.68. The maximum atomic E-state index is 13.6. The van der Waals surface area contributed by atoms with Gasteiger partial charge in [0.25, 0.3) is 5.91 Å². The number of carbonyl (C=O) groups excluding carboxylic acids is 1. The lowest BCUT2D eigenvalue weighted by atomic mass is 10.1. The summed E-state index contributed by atoms with van der Waals surface area (Å²) in [5, 5.41) is 14.6. The minimum atomic E-state index is -0.286. The van der Waals surface area contributed by atoms with Crippen LogP contribution in [0.5, 0.6) is 0 Å². The molecule has 1 fully saturated rings. The number of nitrogens with zero attached hydrogens (tertiary/aromatic N) is 4. The Bertz CT molecular complexity index is 784. The van der Waals surface area contributed by atoms with Crippen molar-refractivity contribution in [3.63, 3.8) is 0 Å². The average molecular weight is 374 g/mol. The molecule has 0 spiro atoms. The van der Waals surface area contributed by atoms with Gasteiger partial charge in [-0.3, -0.25) is 4.79 Å². The molecule has 1 aromatic carbocycles. The number of nitrogens with one attached hydrogen (secondary N) is 2. The van der Waals surface area contributed by atoms with Crippen LogP contribution in [0.2, 0.25) is 0 Å². The zero-order chi connectivity index (χ0) is 19.4. The minimum Gasteiger partial charge on any atom is -0.349 e. The first-order chi connectivity index (χ1) is 13.0. The van der Waals surface area contributed by atoms with E-state index in [2.05, 4.69) is 20.9 Å². The molecular weight excluding hydrogens is 347 g/mol. The van der Waals surface area contributed by atoms with Crippen molar-refractivity contribution in [3.8, 4) is 0 Å². The number of rotatable bonds is 6. The van der Waals surface area contributed by atoms with Gasteiger partial charge in [-0.1, -0.05) is 17.3 Å². The standard InChI is InChI=1S/C19H27FN6O/c1-13-18(23-24-26(13)16-7-9-21-10-8-16)19(27)22-12-17(25(2)3)14-5-4-6-15(20)11-14/h4-6,11,16-17,21H,7-10,12H2,1-3H3,(H,22,27). The van der Waals surface area contributed by atoms with Crippen LogP contribution < -0.4 is 10.6 Å². The molecule has 3 rings (SSSR count). The molecule has 8 heteroatoms. The number of hydrogen-bond donors (Lipinski definition) is 2. The van der Waals surface area contributed by atoms with Crippen LogP contribution in [-0.4, -0.2) is 59.5 Å². The lowest BCUT2D eigenvalue weighted by Gasteiger charge is -2.25. The molecule has 2 N–H and O–H groups in total. The highest BCUT2D eigenvalue weighted by Gasteiger charge is 2.24. The molecule has 1 aliphatic heterocycles. The molecule has 1 atom stereocenters. The van der Waals surface area contributed by atoms with E-state index < -0.39 is 0 Å². The molecule has 2 aromatic rings. The Morgan fingerprint density at radius 2 is 2.15 bits per heavy atom. The number of carbonyl (C=O) groups is 1. The molecule has 1 aliphatic rings. The predicted molar refractivity (Wildman–Crippen MR) is 101 cm³/mol. The van der Waals surface area contributed by atoms with Gasteiger partial charge in [-0.25, -0.2) is 9.07 Å². The second-order valence-electron chi connectivity index (χ2n) is 7.19. The zero-order valence-electron chi connectivity index (χ0n) is 16.1. The molecular formula is C19H27FN6O. The van der Waals surface area contributed by atoms with E-state index in [0.29, 0.717) is 12.2 Å². The normalized spacial score (nSPS) is 16.5. The lowest BCUT2D eigenvalue weighted by Crippen LogP contribution is -2.35. The van der Waals surface area contributed by atoms with Crippen LogP contribution >= 0.6 is 0 Å². The van der Waals surface area contributed by atoms with Gasteiger partial charge in [0.15, 0.2) is 5.69 Å². The SMILES string of the molecule is Cc1c(C(=O)NCC(c2cccc(F)c2)N(C)C)nnn1C1CCNCC1. The number of hydrogen-bond acceptors (Lipinski definition) is 5. The first-order valence-corrected chi connectivity index (χ1v) is 9.30. The molecule has 7 nitrogen and oxygen atoms in total. The van der Waals surface area contributed by atoms with Crippen molar-refractivity contribution in [2.45, 2.75) is 31.8 Å². The van der Waals surface area contributed by atoms with E-state index in [1.807, 2.05) is 36.7 Å². The maximum Gasteiger partial charge on any atom is 0.273 e. The fraction of sp³-hybridized carbons (Fsp3) is 0.526. The largest absolute Gasteiger partial charge is 0.349 e. The quantitative estimate of drug-likeness (QED) is 0.805. The van der Waals surface area contributed by atoms with Crippen molar-refractivity contribution in [1.29, 1.82) is 0 Å². The topological polar surface area (TPSA) is 75.1 Å². The van der Waals surface area contributed by atoms with Gasteiger partial charge in [-0.15, -0.1) is 5.10 Å². The molecule has 1 unspecified atom stereocenters. The van der Waals surface area contributed by atoms with Crippen molar-refractivity contribution in [3.05, 3.63) is 47.0 Å². The molecule has 1 aromatic heterocycles. The molecule has 2 heterocycles. The molecule has 1 saturated heterocycles. The third-order valence-electron chi connectivity index (χ3n) is 5.11. The number of likely N-dealkylation sites (N-methyl/N-ethyl adjacent to an activating group) is 1.